The summed E-state index contributed by atoms with van der Waals surface area (Å²) in [5, 5.41) is 6.00. The maximum atomic E-state index is 13.3. The summed E-state index contributed by atoms with van der Waals surface area (Å²) in [6.45, 7) is 5.06. The second-order valence-electron chi connectivity index (χ2n) is 6.11. The fraction of sp³-hybridized carbons (Fsp3) is 0.556. The number of amides is 1. The van der Waals surface area contributed by atoms with Crippen LogP contribution in [0.5, 0.6) is 0 Å². The van der Waals surface area contributed by atoms with Crippen LogP contribution in [0.25, 0.3) is 0 Å². The van der Waals surface area contributed by atoms with Gasteiger partial charge in [0.05, 0.1) is 6.54 Å². The molecule has 0 saturated carbocycles. The van der Waals surface area contributed by atoms with E-state index in [0.29, 0.717) is 18.9 Å². The lowest BCUT2D eigenvalue weighted by Crippen LogP contribution is -2.46. The van der Waals surface area contributed by atoms with Crippen molar-refractivity contribution in [2.24, 2.45) is 10.9 Å². The van der Waals surface area contributed by atoms with Crippen LogP contribution in [0.1, 0.15) is 31.7 Å². The number of halogens is 1. The molecule has 1 fully saturated rings. The van der Waals surface area contributed by atoms with Gasteiger partial charge in [0.1, 0.15) is 5.82 Å². The highest BCUT2D eigenvalue weighted by molar-refractivity contribution is 5.80. The van der Waals surface area contributed by atoms with Crippen LogP contribution in [0.15, 0.2) is 29.3 Å². The number of hydrogen-bond acceptors (Lipinski definition) is 2. The Morgan fingerprint density at radius 2 is 2.12 bits per heavy atom. The van der Waals surface area contributed by atoms with E-state index < -0.39 is 0 Å². The minimum atomic E-state index is -0.234. The fourth-order valence-corrected chi connectivity index (χ4v) is 2.94. The number of benzene rings is 1. The Morgan fingerprint density at radius 1 is 1.38 bits per heavy atom. The summed E-state index contributed by atoms with van der Waals surface area (Å²) in [6.07, 6.45) is 2.57. The van der Waals surface area contributed by atoms with Gasteiger partial charge in [-0.2, -0.15) is 0 Å². The van der Waals surface area contributed by atoms with Crippen molar-refractivity contribution >= 4 is 11.9 Å². The van der Waals surface area contributed by atoms with Crippen LogP contribution >= 0.6 is 0 Å². The molecule has 1 amide bonds. The Labute approximate surface area is 143 Å². The zero-order chi connectivity index (χ0) is 17.4. The lowest BCUT2D eigenvalue weighted by atomic mass is 9.93. The topological polar surface area (TPSA) is 56.7 Å². The summed E-state index contributed by atoms with van der Waals surface area (Å²) < 4.78 is 13.3. The summed E-state index contributed by atoms with van der Waals surface area (Å²) in [4.78, 5) is 18.4. The monoisotopic (exact) mass is 334 g/mol. The van der Waals surface area contributed by atoms with Gasteiger partial charge >= 0.3 is 0 Å². The van der Waals surface area contributed by atoms with Crippen LogP contribution in [0.4, 0.5) is 4.39 Å². The molecule has 1 aliphatic rings. The summed E-state index contributed by atoms with van der Waals surface area (Å²) in [7, 11) is 1.68. The molecule has 0 radical (unpaired) electrons. The molecule has 0 unspecified atom stereocenters. The first-order valence-corrected chi connectivity index (χ1v) is 8.60. The van der Waals surface area contributed by atoms with E-state index in [4.69, 9.17) is 0 Å². The van der Waals surface area contributed by atoms with Gasteiger partial charge in [-0.15, -0.1) is 0 Å². The van der Waals surface area contributed by atoms with E-state index in [1.807, 2.05) is 13.0 Å². The molecule has 1 aliphatic heterocycles. The summed E-state index contributed by atoms with van der Waals surface area (Å²) in [5.41, 5.74) is 0.861. The van der Waals surface area contributed by atoms with Crippen LogP contribution in [-0.2, 0) is 11.3 Å². The van der Waals surface area contributed by atoms with E-state index in [1.54, 1.807) is 13.1 Å². The number of carbonyl (C=O) groups is 1. The highest BCUT2D eigenvalue weighted by Crippen LogP contribution is 2.20. The van der Waals surface area contributed by atoms with Gasteiger partial charge < -0.3 is 15.5 Å². The first-order chi connectivity index (χ1) is 11.6. The highest BCUT2D eigenvalue weighted by atomic mass is 19.1. The molecule has 5 nitrogen and oxygen atoms in total. The van der Waals surface area contributed by atoms with Crippen LogP contribution < -0.4 is 10.6 Å². The average Bonchev–Trinajstić information content (AvgIpc) is 2.59. The first-order valence-electron chi connectivity index (χ1n) is 8.60. The zero-order valence-corrected chi connectivity index (χ0v) is 14.5. The molecule has 0 aliphatic carbocycles. The molecule has 0 bridgehead atoms. The molecule has 0 atom stereocenters. The van der Waals surface area contributed by atoms with Crippen molar-refractivity contribution in [2.75, 3.05) is 26.7 Å². The number of piperidine rings is 1. The normalized spacial score (nSPS) is 16.1. The minimum absolute atomic E-state index is 0.111. The molecule has 1 aromatic rings. The molecule has 1 aromatic carbocycles. The molecule has 1 saturated heterocycles. The van der Waals surface area contributed by atoms with Crippen LogP contribution in [-0.4, -0.2) is 43.4 Å². The molecule has 2 rings (SSSR count). The van der Waals surface area contributed by atoms with Gasteiger partial charge in [-0.05, 0) is 43.4 Å². The maximum absolute atomic E-state index is 13.3. The van der Waals surface area contributed by atoms with E-state index in [0.717, 1.165) is 44.0 Å². The second kappa shape index (κ2) is 9.25. The smallest absolute Gasteiger partial charge is 0.220 e. The Bertz CT molecular complexity index is 568. The van der Waals surface area contributed by atoms with Crippen molar-refractivity contribution in [3.05, 3.63) is 35.6 Å². The summed E-state index contributed by atoms with van der Waals surface area (Å²) in [5.74, 6) is 1.18. The predicted molar refractivity (Wildman–Crippen MR) is 94.2 cm³/mol. The fourth-order valence-electron chi connectivity index (χ4n) is 2.94. The summed E-state index contributed by atoms with van der Waals surface area (Å²) >= 11 is 0. The van der Waals surface area contributed by atoms with Gasteiger partial charge in [-0.25, -0.2) is 9.38 Å². The lowest BCUT2D eigenvalue weighted by molar-refractivity contribution is -0.121. The van der Waals surface area contributed by atoms with Crippen molar-refractivity contribution in [1.29, 1.82) is 0 Å². The van der Waals surface area contributed by atoms with Crippen molar-refractivity contribution in [3.8, 4) is 0 Å². The van der Waals surface area contributed by atoms with Crippen LogP contribution in [0.3, 0.4) is 0 Å². The van der Waals surface area contributed by atoms with Crippen molar-refractivity contribution in [2.45, 2.75) is 32.7 Å². The first kappa shape index (κ1) is 18.2. The Morgan fingerprint density at radius 3 is 2.75 bits per heavy atom. The van der Waals surface area contributed by atoms with Gasteiger partial charge in [0, 0.05) is 33.1 Å². The maximum Gasteiger partial charge on any atom is 0.220 e. The average molecular weight is 334 g/mol. The molecular formula is C18H27FN4O. The highest BCUT2D eigenvalue weighted by Gasteiger charge is 2.22. The SMILES string of the molecule is CCNC(=NCc1cccc(F)c1)N1CCC(CC(=O)NC)CC1. The zero-order valence-electron chi connectivity index (χ0n) is 14.5. The largest absolute Gasteiger partial charge is 0.359 e. The quantitative estimate of drug-likeness (QED) is 0.641. The number of nitrogens with zero attached hydrogens (tertiary/aromatic N) is 2. The Balaban J connectivity index is 1.93. The van der Waals surface area contributed by atoms with E-state index in [2.05, 4.69) is 20.5 Å². The lowest BCUT2D eigenvalue weighted by Gasteiger charge is -2.34. The minimum Gasteiger partial charge on any atom is -0.359 e. The number of hydrogen-bond donors (Lipinski definition) is 2. The van der Waals surface area contributed by atoms with Crippen molar-refractivity contribution in [3.63, 3.8) is 0 Å². The molecule has 2 N–H and O–H groups in total. The number of guanidine groups is 1. The van der Waals surface area contributed by atoms with Gasteiger partial charge in [0.15, 0.2) is 5.96 Å². The van der Waals surface area contributed by atoms with Gasteiger partial charge in [0.25, 0.3) is 0 Å². The number of aliphatic imine (C=N–C) groups is 1. The third-order valence-corrected chi connectivity index (χ3v) is 4.30. The summed E-state index contributed by atoms with van der Waals surface area (Å²) in [6, 6.07) is 6.54. The van der Waals surface area contributed by atoms with Crippen molar-refractivity contribution < 1.29 is 9.18 Å². The molecule has 24 heavy (non-hydrogen) atoms. The third-order valence-electron chi connectivity index (χ3n) is 4.30. The molecule has 6 heteroatoms. The van der Waals surface area contributed by atoms with E-state index in [-0.39, 0.29) is 11.7 Å². The number of nitrogens with one attached hydrogen (secondary N) is 2. The molecule has 0 spiro atoms. The van der Waals surface area contributed by atoms with Crippen molar-refractivity contribution in [1.82, 2.24) is 15.5 Å². The molecule has 0 aromatic heterocycles. The molecular weight excluding hydrogens is 307 g/mol. The van der Waals surface area contributed by atoms with E-state index in [1.165, 1.54) is 12.1 Å². The van der Waals surface area contributed by atoms with E-state index >= 15 is 0 Å². The Hall–Kier alpha value is -2.11. The van der Waals surface area contributed by atoms with Crippen LogP contribution in [0.2, 0.25) is 0 Å². The van der Waals surface area contributed by atoms with E-state index in [9.17, 15) is 9.18 Å². The molecule has 1 heterocycles. The number of rotatable bonds is 5. The standard InChI is InChI=1S/C18H27FN4O/c1-3-21-18(22-13-15-5-4-6-16(19)11-15)23-9-7-14(8-10-23)12-17(24)20-2/h4-6,11,14H,3,7-10,12-13H2,1-2H3,(H,20,24)(H,21,22). The molecule has 132 valence electrons. The van der Waals surface area contributed by atoms with Gasteiger partial charge in [-0.1, -0.05) is 12.1 Å². The van der Waals surface area contributed by atoms with Gasteiger partial charge in [0.2, 0.25) is 5.91 Å². The van der Waals surface area contributed by atoms with Gasteiger partial charge in [-0.3, -0.25) is 4.79 Å². The number of carbonyl (C=O) groups excluding carboxylic acids is 1. The second-order valence-corrected chi connectivity index (χ2v) is 6.11. The third kappa shape index (κ3) is 5.51. The van der Waals surface area contributed by atoms with Crippen LogP contribution in [0, 0.1) is 11.7 Å². The number of likely N-dealkylation sites (tertiary alicyclic amines) is 1. The Kier molecular flexibility index (Phi) is 7.03. The predicted octanol–water partition coefficient (Wildman–Crippen LogP) is 2.14.